The van der Waals surface area contributed by atoms with E-state index in [4.69, 9.17) is 19.4 Å². The lowest BCUT2D eigenvalue weighted by atomic mass is 10.3. The number of rotatable bonds is 7. The summed E-state index contributed by atoms with van der Waals surface area (Å²) in [4.78, 5) is 27.3. The lowest BCUT2D eigenvalue weighted by Crippen LogP contribution is -2.13. The number of carbonyl (C=O) groups is 1. The second-order valence-electron chi connectivity index (χ2n) is 7.41. The molecule has 0 amide bonds. The number of primary sulfonamides is 1. The molecule has 0 heterocycles. The average molecular weight is 702 g/mol. The van der Waals surface area contributed by atoms with Crippen molar-refractivity contribution in [3.05, 3.63) is 115 Å². The van der Waals surface area contributed by atoms with Gasteiger partial charge in [0.2, 0.25) is 10.0 Å². The first kappa shape index (κ1) is 38.2. The predicted molar refractivity (Wildman–Crippen MR) is 159 cm³/mol. The minimum atomic E-state index is -4.28. The number of halogens is 4. The Bertz CT molecular complexity index is 1860. The van der Waals surface area contributed by atoms with Crippen molar-refractivity contribution in [3.8, 4) is 23.0 Å². The molecule has 2 N–H and O–H groups in total. The largest absolute Gasteiger partial charge is 0.454 e. The second-order valence-corrected chi connectivity index (χ2v) is 11.1. The molecule has 0 radical (unpaired) electrons. The zero-order chi connectivity index (χ0) is 33.9. The monoisotopic (exact) mass is 701 g/mol. The van der Waals surface area contributed by atoms with Gasteiger partial charge in [-0.15, -0.1) is 0 Å². The van der Waals surface area contributed by atoms with Crippen LogP contribution in [0.5, 0.6) is 23.0 Å². The third-order valence-electron chi connectivity index (χ3n) is 4.33. The summed E-state index contributed by atoms with van der Waals surface area (Å²) in [7, 11) is -8.19. The third kappa shape index (κ3) is 16.0. The van der Waals surface area contributed by atoms with Gasteiger partial charge in [-0.1, -0.05) is 63.4 Å². The van der Waals surface area contributed by atoms with E-state index in [0.29, 0.717) is 17.9 Å². The summed E-state index contributed by atoms with van der Waals surface area (Å²) in [5.41, 5.74) is 0. The van der Waals surface area contributed by atoms with E-state index in [9.17, 15) is 35.2 Å². The highest BCUT2D eigenvalue weighted by atomic mass is 35.5. The number of carbonyl (C=O) groups excluding carboxylic acids is 3. The highest BCUT2D eigenvalue weighted by Gasteiger charge is 2.16. The van der Waals surface area contributed by atoms with Crippen LogP contribution in [0.1, 0.15) is 0 Å². The van der Waals surface area contributed by atoms with Gasteiger partial charge in [-0.3, -0.25) is 4.79 Å². The molecule has 45 heavy (non-hydrogen) atoms. The highest BCUT2D eigenvalue weighted by molar-refractivity contribution is 7.89. The topological polar surface area (TPSA) is 189 Å². The Labute approximate surface area is 265 Å². The van der Waals surface area contributed by atoms with Gasteiger partial charge in [0.15, 0.2) is 23.1 Å². The summed E-state index contributed by atoms with van der Waals surface area (Å²) in [5.74, 6) is -0.118. The molecule has 0 spiro atoms. The minimum Gasteiger partial charge on any atom is -0.454 e. The molecular formula is C27H19Cl2F2N3O9S2. The van der Waals surface area contributed by atoms with Crippen molar-refractivity contribution < 1.29 is 49.5 Å². The molecule has 4 aromatic rings. The number of para-hydroxylation sites is 4. The normalized spacial score (nSPS) is 9.89. The molecular weight excluding hydrogens is 683 g/mol. The maximum Gasteiger partial charge on any atom is 0.383 e. The van der Waals surface area contributed by atoms with E-state index in [0.717, 1.165) is 0 Å². The smallest absolute Gasteiger partial charge is 0.383 e. The molecule has 4 aromatic carbocycles. The Morgan fingerprint density at radius 1 is 0.644 bits per heavy atom. The van der Waals surface area contributed by atoms with Crippen LogP contribution in [0.3, 0.4) is 0 Å². The lowest BCUT2D eigenvalue weighted by molar-refractivity contribution is 0.275. The number of hydrogen-bond donors (Lipinski definition) is 1. The first-order valence-electron chi connectivity index (χ1n) is 11.5. The summed E-state index contributed by atoms with van der Waals surface area (Å²) in [6.45, 7) is 0. The van der Waals surface area contributed by atoms with Crippen LogP contribution in [-0.4, -0.2) is 33.7 Å². The average Bonchev–Trinajstić information content (AvgIpc) is 2.96. The summed E-state index contributed by atoms with van der Waals surface area (Å²) in [5, 5.41) is 5.05. The van der Waals surface area contributed by atoms with Crippen LogP contribution in [0.4, 0.5) is 13.6 Å². The first-order valence-corrected chi connectivity index (χ1v) is 15.2. The van der Waals surface area contributed by atoms with Crippen molar-refractivity contribution in [2.75, 3.05) is 0 Å². The van der Waals surface area contributed by atoms with Gasteiger partial charge in [0.25, 0.3) is 12.2 Å². The molecule has 0 fully saturated rings. The first-order chi connectivity index (χ1) is 21.2. The van der Waals surface area contributed by atoms with Crippen LogP contribution < -0.4 is 14.6 Å². The number of isocyanates is 2. The molecule has 0 aliphatic heterocycles. The van der Waals surface area contributed by atoms with E-state index >= 15 is 0 Å². The lowest BCUT2D eigenvalue weighted by Gasteiger charge is -2.09. The number of nitrogens with zero attached hydrogens (tertiary/aromatic N) is 2. The number of ether oxygens (including phenoxy) is 2. The van der Waals surface area contributed by atoms with Crippen molar-refractivity contribution >= 4 is 60.3 Å². The van der Waals surface area contributed by atoms with Crippen LogP contribution in [-0.2, 0) is 29.8 Å². The van der Waals surface area contributed by atoms with Crippen molar-refractivity contribution in [3.63, 3.8) is 0 Å². The SMILES string of the molecule is Fc1ccccc1Oc1ccccc1.NS(=O)(=O)c1ccccc1Oc1ccccc1F.O=C(Cl)Cl.O=C=NS(=O)(=O)N=C=O. The maximum atomic E-state index is 13.4. The fourth-order valence-electron chi connectivity index (χ4n) is 2.67. The van der Waals surface area contributed by atoms with Gasteiger partial charge in [-0.2, -0.15) is 8.42 Å². The van der Waals surface area contributed by atoms with Gasteiger partial charge in [-0.05, 0) is 71.7 Å². The van der Waals surface area contributed by atoms with Gasteiger partial charge >= 0.3 is 14.9 Å². The summed E-state index contributed by atoms with van der Waals surface area (Å²) >= 11 is 8.80. The van der Waals surface area contributed by atoms with Crippen molar-refractivity contribution in [1.82, 2.24) is 0 Å². The van der Waals surface area contributed by atoms with E-state index < -0.39 is 30.8 Å². The van der Waals surface area contributed by atoms with Crippen LogP contribution in [0.2, 0.25) is 0 Å². The molecule has 236 valence electrons. The van der Waals surface area contributed by atoms with Crippen LogP contribution in [0, 0.1) is 11.6 Å². The van der Waals surface area contributed by atoms with E-state index in [1.54, 1.807) is 42.5 Å². The maximum absolute atomic E-state index is 13.4. The third-order valence-corrected chi connectivity index (χ3v) is 5.89. The summed E-state index contributed by atoms with van der Waals surface area (Å²) in [6.07, 6.45) is 1.41. The Balaban J connectivity index is 0.000000334. The van der Waals surface area contributed by atoms with Crippen molar-refractivity contribution in [2.24, 2.45) is 13.9 Å². The van der Waals surface area contributed by atoms with Gasteiger partial charge in [0.05, 0.1) is 0 Å². The Morgan fingerprint density at radius 3 is 1.44 bits per heavy atom. The second kappa shape index (κ2) is 19.5. The summed E-state index contributed by atoms with van der Waals surface area (Å²) in [6, 6.07) is 27.0. The van der Waals surface area contributed by atoms with Crippen LogP contribution >= 0.6 is 23.2 Å². The van der Waals surface area contributed by atoms with E-state index in [1.165, 1.54) is 42.5 Å². The molecule has 18 heteroatoms. The molecule has 4 rings (SSSR count). The molecule has 0 saturated heterocycles. The van der Waals surface area contributed by atoms with Gasteiger partial charge < -0.3 is 9.47 Å². The zero-order valence-corrected chi connectivity index (χ0v) is 25.4. The number of nitrogens with two attached hydrogens (primary N) is 1. The van der Waals surface area contributed by atoms with E-state index in [1.807, 2.05) is 18.2 Å². The van der Waals surface area contributed by atoms with Gasteiger partial charge in [0.1, 0.15) is 16.4 Å². The predicted octanol–water partition coefficient (Wildman–Crippen LogP) is 6.37. The molecule has 0 aromatic heterocycles. The Kier molecular flexibility index (Phi) is 16.6. The van der Waals surface area contributed by atoms with Crippen LogP contribution in [0.25, 0.3) is 0 Å². The van der Waals surface area contributed by atoms with Gasteiger partial charge in [-0.25, -0.2) is 31.9 Å². The summed E-state index contributed by atoms with van der Waals surface area (Å²) < 4.78 is 83.2. The molecule has 0 atom stereocenters. The van der Waals surface area contributed by atoms with E-state index in [2.05, 4.69) is 32.0 Å². The fraction of sp³-hybridized carbons (Fsp3) is 0. The molecule has 0 aliphatic carbocycles. The molecule has 12 nitrogen and oxygen atoms in total. The quantitative estimate of drug-likeness (QED) is 0.130. The zero-order valence-electron chi connectivity index (χ0n) is 22.3. The van der Waals surface area contributed by atoms with Crippen molar-refractivity contribution in [1.29, 1.82) is 0 Å². The highest BCUT2D eigenvalue weighted by Crippen LogP contribution is 2.29. The molecule has 0 saturated carbocycles. The Morgan fingerprint density at radius 2 is 1.02 bits per heavy atom. The fourth-order valence-corrected chi connectivity index (χ4v) is 3.56. The number of hydrogen-bond acceptors (Lipinski definition) is 9. The molecule has 0 bridgehead atoms. The van der Waals surface area contributed by atoms with Crippen LogP contribution in [0.15, 0.2) is 117 Å². The van der Waals surface area contributed by atoms with E-state index in [-0.39, 0.29) is 28.0 Å². The van der Waals surface area contributed by atoms with Crippen molar-refractivity contribution in [2.45, 2.75) is 4.90 Å². The standard InChI is InChI=1S/C12H10FNO3S.C12H9FO.C2N2O4S.CCl2O/c13-9-5-1-2-6-10(9)17-11-7-3-4-8-12(11)18(14,15)16;13-11-8-4-5-9-12(11)14-10-6-2-1-3-7-10;5-1-3-9(7,8)4-2-6;2-1(3)4/h1-8H,(H2,14,15,16);1-9H;;. The molecule has 0 unspecified atom stereocenters. The minimum absolute atomic E-state index is 0.00917. The Hall–Kier alpha value is -4.79. The number of benzene rings is 4. The van der Waals surface area contributed by atoms with Gasteiger partial charge in [0, 0.05) is 0 Å². The molecule has 0 aliphatic rings. The number of sulfonamides is 1.